The van der Waals surface area contributed by atoms with Gasteiger partial charge in [0.15, 0.2) is 0 Å². The van der Waals surface area contributed by atoms with E-state index in [1.807, 2.05) is 12.1 Å². The molecule has 112 valence electrons. The minimum atomic E-state index is -0.0556. The van der Waals surface area contributed by atoms with Crippen molar-refractivity contribution < 1.29 is 4.39 Å². The first-order valence-electron chi connectivity index (χ1n) is 8.17. The summed E-state index contributed by atoms with van der Waals surface area (Å²) in [5, 5.41) is 3.66. The summed E-state index contributed by atoms with van der Waals surface area (Å²) in [5.41, 5.74) is 0.861. The number of hydrogen-bond donors (Lipinski definition) is 1. The van der Waals surface area contributed by atoms with E-state index in [2.05, 4.69) is 19.2 Å². The molecule has 2 heteroatoms. The second-order valence-corrected chi connectivity index (χ2v) is 6.38. The molecule has 1 unspecified atom stereocenters. The molecule has 20 heavy (non-hydrogen) atoms. The maximum absolute atomic E-state index is 13.9. The molecule has 0 aliphatic heterocycles. The van der Waals surface area contributed by atoms with Crippen LogP contribution in [0.3, 0.4) is 0 Å². The number of halogens is 1. The predicted molar refractivity (Wildman–Crippen MR) is 83.3 cm³/mol. The summed E-state index contributed by atoms with van der Waals surface area (Å²) in [6, 6.07) is 7.66. The van der Waals surface area contributed by atoms with Crippen molar-refractivity contribution in [2.45, 2.75) is 58.4 Å². The van der Waals surface area contributed by atoms with Crippen LogP contribution >= 0.6 is 0 Å². The van der Waals surface area contributed by atoms with Crippen molar-refractivity contribution in [3.05, 3.63) is 35.6 Å². The lowest BCUT2D eigenvalue weighted by Gasteiger charge is -2.33. The molecular formula is C18H28FN. The van der Waals surface area contributed by atoms with Gasteiger partial charge in [-0.1, -0.05) is 44.9 Å². The standard InChI is InChI=1S/C18H28FN/c1-3-12-20-18(15-10-8-14(2)9-11-15)13-16-6-4-5-7-17(16)19/h4-7,14-15,18,20H,3,8-13H2,1-2H3. The van der Waals surface area contributed by atoms with Gasteiger partial charge in [-0.2, -0.15) is 0 Å². The van der Waals surface area contributed by atoms with E-state index in [1.54, 1.807) is 12.1 Å². The molecule has 1 aromatic rings. The summed E-state index contributed by atoms with van der Waals surface area (Å²) >= 11 is 0. The van der Waals surface area contributed by atoms with Gasteiger partial charge in [-0.25, -0.2) is 4.39 Å². The molecule has 1 nitrogen and oxygen atoms in total. The number of hydrogen-bond acceptors (Lipinski definition) is 1. The summed E-state index contributed by atoms with van der Waals surface area (Å²) in [6.45, 7) is 5.57. The first-order valence-corrected chi connectivity index (χ1v) is 8.17. The third-order valence-electron chi connectivity index (χ3n) is 4.68. The molecule has 0 bridgehead atoms. The second kappa shape index (κ2) is 7.78. The van der Waals surface area contributed by atoms with Crippen molar-refractivity contribution in [1.29, 1.82) is 0 Å². The Labute approximate surface area is 123 Å². The molecule has 1 aliphatic rings. The van der Waals surface area contributed by atoms with Gasteiger partial charge < -0.3 is 5.32 Å². The van der Waals surface area contributed by atoms with Gasteiger partial charge in [0.05, 0.1) is 0 Å². The van der Waals surface area contributed by atoms with Gasteiger partial charge in [-0.05, 0) is 55.7 Å². The van der Waals surface area contributed by atoms with Gasteiger partial charge in [0.25, 0.3) is 0 Å². The van der Waals surface area contributed by atoms with Crippen molar-refractivity contribution in [3.63, 3.8) is 0 Å². The molecule has 1 aliphatic carbocycles. The highest BCUT2D eigenvalue weighted by Gasteiger charge is 2.26. The van der Waals surface area contributed by atoms with Crippen molar-refractivity contribution >= 4 is 0 Å². The molecule has 0 spiro atoms. The van der Waals surface area contributed by atoms with Crippen molar-refractivity contribution in [2.75, 3.05) is 6.54 Å². The fourth-order valence-corrected chi connectivity index (χ4v) is 3.32. The van der Waals surface area contributed by atoms with Crippen molar-refractivity contribution in [2.24, 2.45) is 11.8 Å². The Morgan fingerprint density at radius 2 is 1.90 bits per heavy atom. The van der Waals surface area contributed by atoms with E-state index >= 15 is 0 Å². The van der Waals surface area contributed by atoms with Gasteiger partial charge in [-0.3, -0.25) is 0 Å². The average molecular weight is 277 g/mol. The second-order valence-electron chi connectivity index (χ2n) is 6.38. The molecule has 0 amide bonds. The van der Waals surface area contributed by atoms with Crippen LogP contribution in [0.1, 0.15) is 51.5 Å². The number of nitrogens with one attached hydrogen (secondary N) is 1. The zero-order chi connectivity index (χ0) is 14.4. The number of rotatable bonds is 6. The monoisotopic (exact) mass is 277 g/mol. The maximum atomic E-state index is 13.9. The van der Waals surface area contributed by atoms with Gasteiger partial charge in [0, 0.05) is 6.04 Å². The zero-order valence-corrected chi connectivity index (χ0v) is 12.9. The third-order valence-corrected chi connectivity index (χ3v) is 4.68. The van der Waals surface area contributed by atoms with Gasteiger partial charge in [0.2, 0.25) is 0 Å². The molecule has 1 atom stereocenters. The van der Waals surface area contributed by atoms with E-state index in [1.165, 1.54) is 25.7 Å². The summed E-state index contributed by atoms with van der Waals surface area (Å²) in [5.74, 6) is 1.52. The molecule has 1 saturated carbocycles. The van der Waals surface area contributed by atoms with E-state index in [-0.39, 0.29) is 5.82 Å². The fraction of sp³-hybridized carbons (Fsp3) is 0.667. The van der Waals surface area contributed by atoms with Gasteiger partial charge >= 0.3 is 0 Å². The topological polar surface area (TPSA) is 12.0 Å². The van der Waals surface area contributed by atoms with E-state index in [0.717, 1.165) is 30.9 Å². The Balaban J connectivity index is 2.01. The lowest BCUT2D eigenvalue weighted by atomic mass is 9.77. The zero-order valence-electron chi connectivity index (χ0n) is 12.9. The highest BCUT2D eigenvalue weighted by Crippen LogP contribution is 2.31. The summed E-state index contributed by atoms with van der Waals surface area (Å²) < 4.78 is 13.9. The molecule has 0 radical (unpaired) electrons. The van der Waals surface area contributed by atoms with E-state index in [0.29, 0.717) is 12.0 Å². The maximum Gasteiger partial charge on any atom is 0.126 e. The predicted octanol–water partition coefficient (Wildman–Crippen LogP) is 4.56. The van der Waals surface area contributed by atoms with Crippen LogP contribution in [0.4, 0.5) is 4.39 Å². The van der Waals surface area contributed by atoms with Crippen molar-refractivity contribution in [1.82, 2.24) is 5.32 Å². The Morgan fingerprint density at radius 3 is 2.55 bits per heavy atom. The van der Waals surface area contributed by atoms with Crippen LogP contribution in [0.2, 0.25) is 0 Å². The van der Waals surface area contributed by atoms with Gasteiger partial charge in [0.1, 0.15) is 5.82 Å². The van der Waals surface area contributed by atoms with Crippen LogP contribution in [-0.4, -0.2) is 12.6 Å². The largest absolute Gasteiger partial charge is 0.313 e. The molecule has 1 N–H and O–H groups in total. The highest BCUT2D eigenvalue weighted by molar-refractivity contribution is 5.18. The molecule has 2 rings (SSSR count). The minimum absolute atomic E-state index is 0.0556. The van der Waals surface area contributed by atoms with E-state index in [4.69, 9.17) is 0 Å². The Bertz CT molecular complexity index is 396. The van der Waals surface area contributed by atoms with Gasteiger partial charge in [-0.15, -0.1) is 0 Å². The smallest absolute Gasteiger partial charge is 0.126 e. The number of benzene rings is 1. The minimum Gasteiger partial charge on any atom is -0.313 e. The van der Waals surface area contributed by atoms with Crippen LogP contribution in [0, 0.1) is 17.7 Å². The first kappa shape index (κ1) is 15.5. The Hall–Kier alpha value is -0.890. The lowest BCUT2D eigenvalue weighted by molar-refractivity contribution is 0.228. The molecule has 1 fully saturated rings. The third kappa shape index (κ3) is 4.31. The van der Waals surface area contributed by atoms with Crippen LogP contribution < -0.4 is 5.32 Å². The van der Waals surface area contributed by atoms with Crippen molar-refractivity contribution in [3.8, 4) is 0 Å². The molecule has 0 aromatic heterocycles. The Morgan fingerprint density at radius 1 is 1.20 bits per heavy atom. The average Bonchev–Trinajstić information content (AvgIpc) is 2.46. The summed E-state index contributed by atoms with van der Waals surface area (Å²) in [7, 11) is 0. The van der Waals surface area contributed by atoms with Crippen LogP contribution in [0.15, 0.2) is 24.3 Å². The van der Waals surface area contributed by atoms with Crippen LogP contribution in [0.5, 0.6) is 0 Å². The fourth-order valence-electron chi connectivity index (χ4n) is 3.32. The normalized spacial score (nSPS) is 24.6. The SMILES string of the molecule is CCCNC(Cc1ccccc1F)C1CCC(C)CC1. The molecular weight excluding hydrogens is 249 g/mol. The van der Waals surface area contributed by atoms with Crippen LogP contribution in [0.25, 0.3) is 0 Å². The molecule has 0 heterocycles. The molecule has 1 aromatic carbocycles. The molecule has 0 saturated heterocycles. The quantitative estimate of drug-likeness (QED) is 0.803. The van der Waals surface area contributed by atoms with Crippen LogP contribution in [-0.2, 0) is 6.42 Å². The van der Waals surface area contributed by atoms with E-state index in [9.17, 15) is 4.39 Å². The summed E-state index contributed by atoms with van der Waals surface area (Å²) in [6.07, 6.45) is 7.19. The highest BCUT2D eigenvalue weighted by atomic mass is 19.1. The summed E-state index contributed by atoms with van der Waals surface area (Å²) in [4.78, 5) is 0. The first-order chi connectivity index (χ1) is 9.70. The Kier molecular flexibility index (Phi) is 6.03. The van der Waals surface area contributed by atoms with E-state index < -0.39 is 0 Å². The lowest BCUT2D eigenvalue weighted by Crippen LogP contribution is -2.40.